The molecule has 0 aliphatic rings. The molecule has 0 saturated heterocycles. The molecule has 6 nitrogen and oxygen atoms in total. The quantitative estimate of drug-likeness (QED) is 0.856. The highest BCUT2D eigenvalue weighted by atomic mass is 32.2. The van der Waals surface area contributed by atoms with Crippen LogP contribution >= 0.6 is 0 Å². The summed E-state index contributed by atoms with van der Waals surface area (Å²) in [7, 11) is -3.25. The Morgan fingerprint density at radius 3 is 2.71 bits per heavy atom. The number of hydrogen-bond acceptors (Lipinski definition) is 4. The van der Waals surface area contributed by atoms with Crippen molar-refractivity contribution < 1.29 is 22.0 Å². The molecule has 0 radical (unpaired) electrons. The molecule has 130 valence electrons. The van der Waals surface area contributed by atoms with Gasteiger partial charge in [0.1, 0.15) is 27.3 Å². The summed E-state index contributed by atoms with van der Waals surface area (Å²) < 4.78 is 50.5. The summed E-state index contributed by atoms with van der Waals surface area (Å²) in [5.74, 6) is -1.61. The number of nitrogens with zero attached hydrogens (tertiary/aromatic N) is 2. The number of rotatable bonds is 6. The van der Waals surface area contributed by atoms with Crippen molar-refractivity contribution in [1.82, 2.24) is 9.78 Å². The topological polar surface area (TPSA) is 81.1 Å². The van der Waals surface area contributed by atoms with Gasteiger partial charge in [-0.1, -0.05) is 0 Å². The number of carbonyl (C=O) groups is 1. The summed E-state index contributed by atoms with van der Waals surface area (Å²) in [6, 6.07) is 3.09. The minimum absolute atomic E-state index is 0.0703. The molecule has 1 N–H and O–H groups in total. The molecule has 1 amide bonds. The van der Waals surface area contributed by atoms with Crippen LogP contribution in [0.5, 0.6) is 0 Å². The van der Waals surface area contributed by atoms with Gasteiger partial charge >= 0.3 is 0 Å². The smallest absolute Gasteiger partial charge is 0.226 e. The normalized spacial score (nSPS) is 11.5. The van der Waals surface area contributed by atoms with Crippen molar-refractivity contribution in [2.24, 2.45) is 0 Å². The van der Waals surface area contributed by atoms with Crippen LogP contribution in [0.2, 0.25) is 0 Å². The fourth-order valence-electron chi connectivity index (χ4n) is 2.06. The first kappa shape index (κ1) is 18.1. The number of anilines is 1. The molecule has 0 bridgehead atoms. The molecule has 1 heterocycles. The van der Waals surface area contributed by atoms with Gasteiger partial charge in [-0.2, -0.15) is 5.10 Å². The number of aromatic nitrogens is 2. The van der Waals surface area contributed by atoms with Crippen LogP contribution in [0.25, 0.3) is 0 Å². The zero-order valence-electron chi connectivity index (χ0n) is 13.2. The molecule has 0 unspecified atom stereocenters. The molecule has 24 heavy (non-hydrogen) atoms. The van der Waals surface area contributed by atoms with Gasteiger partial charge in [0.15, 0.2) is 0 Å². The Labute approximate surface area is 138 Å². The summed E-state index contributed by atoms with van der Waals surface area (Å²) in [5.41, 5.74) is 0.712. The van der Waals surface area contributed by atoms with Crippen molar-refractivity contribution in [3.05, 3.63) is 47.2 Å². The predicted molar refractivity (Wildman–Crippen MR) is 85.4 cm³/mol. The molecule has 1 aromatic carbocycles. The fourth-order valence-corrected chi connectivity index (χ4v) is 2.62. The lowest BCUT2D eigenvalue weighted by Crippen LogP contribution is -2.19. The van der Waals surface area contributed by atoms with E-state index in [0.29, 0.717) is 11.4 Å². The van der Waals surface area contributed by atoms with Crippen molar-refractivity contribution in [2.45, 2.75) is 19.9 Å². The summed E-state index contributed by atoms with van der Waals surface area (Å²) in [6.07, 6.45) is 2.32. The zero-order valence-corrected chi connectivity index (χ0v) is 14.0. The minimum Gasteiger partial charge on any atom is -0.311 e. The Hall–Kier alpha value is -2.29. The van der Waals surface area contributed by atoms with Crippen LogP contribution in [-0.4, -0.2) is 36.1 Å². The number of aryl methyl sites for hydroxylation is 1. The van der Waals surface area contributed by atoms with Gasteiger partial charge in [0.25, 0.3) is 0 Å². The van der Waals surface area contributed by atoms with E-state index in [1.807, 2.05) is 0 Å². The van der Waals surface area contributed by atoms with Crippen molar-refractivity contribution in [3.8, 4) is 0 Å². The number of benzene rings is 1. The SMILES string of the molecule is Cc1cnn(Cc2cc(F)ccc2F)c1NC(=O)CCS(C)(=O)=O. The first-order valence-electron chi connectivity index (χ1n) is 7.09. The Bertz CT molecular complexity index is 863. The van der Waals surface area contributed by atoms with Crippen molar-refractivity contribution >= 4 is 21.6 Å². The van der Waals surface area contributed by atoms with Crippen LogP contribution in [0.1, 0.15) is 17.5 Å². The van der Waals surface area contributed by atoms with E-state index in [1.54, 1.807) is 6.92 Å². The third-order valence-corrected chi connectivity index (χ3v) is 4.25. The standard InChI is InChI=1S/C15H17F2N3O3S/c1-10-8-18-20(9-11-7-12(16)3-4-13(11)17)15(10)19-14(21)5-6-24(2,22)23/h3-4,7-8H,5-6,9H2,1-2H3,(H,19,21). The molecule has 0 aliphatic carbocycles. The second-order valence-corrected chi connectivity index (χ2v) is 7.76. The van der Waals surface area contributed by atoms with Crippen LogP contribution in [-0.2, 0) is 21.2 Å². The van der Waals surface area contributed by atoms with Gasteiger partial charge < -0.3 is 5.32 Å². The molecule has 2 rings (SSSR count). The van der Waals surface area contributed by atoms with Gasteiger partial charge in [0.2, 0.25) is 5.91 Å². The molecular formula is C15H17F2N3O3S. The van der Waals surface area contributed by atoms with E-state index in [-0.39, 0.29) is 24.3 Å². The van der Waals surface area contributed by atoms with E-state index < -0.39 is 27.4 Å². The maximum absolute atomic E-state index is 13.7. The van der Waals surface area contributed by atoms with E-state index in [0.717, 1.165) is 24.5 Å². The number of nitrogens with one attached hydrogen (secondary N) is 1. The number of halogens is 2. The molecule has 0 spiro atoms. The molecule has 0 saturated carbocycles. The highest BCUT2D eigenvalue weighted by Gasteiger charge is 2.15. The van der Waals surface area contributed by atoms with E-state index >= 15 is 0 Å². The van der Waals surface area contributed by atoms with E-state index in [9.17, 15) is 22.0 Å². The molecular weight excluding hydrogens is 340 g/mol. The van der Waals surface area contributed by atoms with Gasteiger partial charge in [-0.3, -0.25) is 4.79 Å². The van der Waals surface area contributed by atoms with Gasteiger partial charge in [0.05, 0.1) is 18.5 Å². The van der Waals surface area contributed by atoms with Crippen molar-refractivity contribution in [3.63, 3.8) is 0 Å². The van der Waals surface area contributed by atoms with E-state index in [2.05, 4.69) is 10.4 Å². The lowest BCUT2D eigenvalue weighted by Gasteiger charge is -2.11. The van der Waals surface area contributed by atoms with Gasteiger partial charge in [0, 0.05) is 23.8 Å². The number of carbonyl (C=O) groups excluding carboxylic acids is 1. The monoisotopic (exact) mass is 357 g/mol. The molecule has 0 fully saturated rings. The Morgan fingerprint density at radius 1 is 1.33 bits per heavy atom. The van der Waals surface area contributed by atoms with E-state index in [4.69, 9.17) is 0 Å². The van der Waals surface area contributed by atoms with Crippen molar-refractivity contribution in [2.75, 3.05) is 17.3 Å². The molecule has 9 heteroatoms. The highest BCUT2D eigenvalue weighted by Crippen LogP contribution is 2.18. The molecule has 2 aromatic rings. The third kappa shape index (κ3) is 4.85. The zero-order chi connectivity index (χ0) is 17.9. The van der Waals surface area contributed by atoms with Crippen LogP contribution < -0.4 is 5.32 Å². The summed E-state index contributed by atoms with van der Waals surface area (Å²) in [5, 5.41) is 6.60. The highest BCUT2D eigenvalue weighted by molar-refractivity contribution is 7.90. The molecule has 0 atom stereocenters. The van der Waals surface area contributed by atoms with Gasteiger partial charge in [-0.05, 0) is 25.1 Å². The Balaban J connectivity index is 2.16. The second-order valence-electron chi connectivity index (χ2n) is 5.50. The first-order valence-corrected chi connectivity index (χ1v) is 9.15. The van der Waals surface area contributed by atoms with Gasteiger partial charge in [-0.15, -0.1) is 0 Å². The maximum atomic E-state index is 13.7. The lowest BCUT2D eigenvalue weighted by atomic mass is 10.2. The van der Waals surface area contributed by atoms with Crippen LogP contribution in [0.15, 0.2) is 24.4 Å². The third-order valence-electron chi connectivity index (χ3n) is 3.31. The number of sulfone groups is 1. The summed E-state index contributed by atoms with van der Waals surface area (Å²) in [4.78, 5) is 11.9. The Morgan fingerprint density at radius 2 is 2.04 bits per heavy atom. The molecule has 0 aliphatic heterocycles. The fraction of sp³-hybridized carbons (Fsp3) is 0.333. The average molecular weight is 357 g/mol. The summed E-state index contributed by atoms with van der Waals surface area (Å²) in [6.45, 7) is 1.62. The molecule has 1 aromatic heterocycles. The average Bonchev–Trinajstić information content (AvgIpc) is 2.81. The second kappa shape index (κ2) is 7.08. The van der Waals surface area contributed by atoms with Crippen LogP contribution in [0.3, 0.4) is 0 Å². The van der Waals surface area contributed by atoms with Crippen LogP contribution in [0, 0.1) is 18.6 Å². The van der Waals surface area contributed by atoms with Crippen LogP contribution in [0.4, 0.5) is 14.6 Å². The first-order chi connectivity index (χ1) is 11.2. The lowest BCUT2D eigenvalue weighted by molar-refractivity contribution is -0.115. The number of amides is 1. The van der Waals surface area contributed by atoms with Gasteiger partial charge in [-0.25, -0.2) is 21.9 Å². The predicted octanol–water partition coefficient (Wildman–Crippen LogP) is 1.89. The van der Waals surface area contributed by atoms with E-state index in [1.165, 1.54) is 10.9 Å². The minimum atomic E-state index is -3.25. The van der Waals surface area contributed by atoms with Crippen molar-refractivity contribution in [1.29, 1.82) is 0 Å². The maximum Gasteiger partial charge on any atom is 0.226 e. The Kier molecular flexibility index (Phi) is 5.33. The number of hydrogen-bond donors (Lipinski definition) is 1. The largest absolute Gasteiger partial charge is 0.311 e. The summed E-state index contributed by atoms with van der Waals surface area (Å²) >= 11 is 0.